The minimum absolute atomic E-state index is 0.123. The van der Waals surface area contributed by atoms with E-state index in [0.29, 0.717) is 27.9 Å². The van der Waals surface area contributed by atoms with E-state index in [1.807, 2.05) is 0 Å². The van der Waals surface area contributed by atoms with E-state index in [2.05, 4.69) is 25.8 Å². The average molecular weight is 438 g/mol. The zero-order chi connectivity index (χ0) is 21.8. The number of amides is 1. The van der Waals surface area contributed by atoms with E-state index in [9.17, 15) is 13.6 Å². The van der Waals surface area contributed by atoms with E-state index in [0.717, 1.165) is 5.56 Å². The first kappa shape index (κ1) is 20.6. The van der Waals surface area contributed by atoms with Crippen LogP contribution >= 0.6 is 11.8 Å². The number of halogens is 2. The zero-order valence-electron chi connectivity index (χ0n) is 16.3. The number of tetrazole rings is 1. The van der Waals surface area contributed by atoms with E-state index in [4.69, 9.17) is 0 Å². The lowest BCUT2D eigenvalue weighted by Crippen LogP contribution is -2.14. The summed E-state index contributed by atoms with van der Waals surface area (Å²) >= 11 is 1.37. The van der Waals surface area contributed by atoms with Crippen LogP contribution in [-0.2, 0) is 5.75 Å². The van der Waals surface area contributed by atoms with E-state index >= 15 is 0 Å². The van der Waals surface area contributed by atoms with Gasteiger partial charge in [0.05, 0.1) is 5.56 Å². The molecular formula is C21H16F2N6OS. The Hall–Kier alpha value is -3.66. The summed E-state index contributed by atoms with van der Waals surface area (Å²) in [5.74, 6) is -0.279. The molecule has 4 rings (SSSR count). The lowest BCUT2D eigenvalue weighted by atomic mass is 10.2. The number of carbonyl (C=O) groups excluding carboxylic acids is 1. The lowest BCUT2D eigenvalue weighted by Gasteiger charge is -2.11. The van der Waals surface area contributed by atoms with Gasteiger partial charge in [-0.1, -0.05) is 12.1 Å². The molecular weight excluding hydrogens is 422 g/mol. The molecule has 0 aliphatic heterocycles. The van der Waals surface area contributed by atoms with Crippen LogP contribution in [-0.4, -0.2) is 31.1 Å². The van der Waals surface area contributed by atoms with E-state index in [1.165, 1.54) is 46.8 Å². The highest BCUT2D eigenvalue weighted by Crippen LogP contribution is 2.26. The Balaban J connectivity index is 1.53. The Morgan fingerprint density at radius 3 is 2.68 bits per heavy atom. The third kappa shape index (κ3) is 4.75. The van der Waals surface area contributed by atoms with Gasteiger partial charge in [0, 0.05) is 17.6 Å². The number of carbonyl (C=O) groups is 1. The van der Waals surface area contributed by atoms with Crippen molar-refractivity contribution in [1.82, 2.24) is 25.2 Å². The Kier molecular flexibility index (Phi) is 5.99. The fourth-order valence-electron chi connectivity index (χ4n) is 2.82. The maximum Gasteiger partial charge on any atom is 0.258 e. The quantitative estimate of drug-likeness (QED) is 0.455. The molecule has 156 valence electrons. The molecule has 2 heterocycles. The highest BCUT2D eigenvalue weighted by molar-refractivity contribution is 7.98. The summed E-state index contributed by atoms with van der Waals surface area (Å²) in [5, 5.41) is 14.3. The Bertz CT molecular complexity index is 1230. The summed E-state index contributed by atoms with van der Waals surface area (Å²) < 4.78 is 28.6. The van der Waals surface area contributed by atoms with Gasteiger partial charge < -0.3 is 5.32 Å². The van der Waals surface area contributed by atoms with Crippen LogP contribution in [0.15, 0.2) is 65.8 Å². The van der Waals surface area contributed by atoms with Crippen molar-refractivity contribution in [2.75, 3.05) is 5.32 Å². The van der Waals surface area contributed by atoms with Gasteiger partial charge in [0.2, 0.25) is 0 Å². The van der Waals surface area contributed by atoms with Crippen LogP contribution < -0.4 is 5.32 Å². The topological polar surface area (TPSA) is 85.6 Å². The van der Waals surface area contributed by atoms with Crippen LogP contribution in [0, 0.1) is 18.6 Å². The first-order chi connectivity index (χ1) is 15.0. The highest BCUT2D eigenvalue weighted by atomic mass is 32.2. The Labute approximate surface area is 180 Å². The summed E-state index contributed by atoms with van der Waals surface area (Å²) in [6.07, 6.45) is 1.60. The molecule has 0 unspecified atom stereocenters. The fourth-order valence-corrected chi connectivity index (χ4v) is 3.76. The molecule has 4 aromatic rings. The molecule has 2 aromatic heterocycles. The number of aryl methyl sites for hydroxylation is 1. The van der Waals surface area contributed by atoms with E-state index < -0.39 is 5.82 Å². The smallest absolute Gasteiger partial charge is 0.258 e. The van der Waals surface area contributed by atoms with E-state index in [-0.39, 0.29) is 17.4 Å². The van der Waals surface area contributed by atoms with Gasteiger partial charge in [-0.2, -0.15) is 4.68 Å². The lowest BCUT2D eigenvalue weighted by molar-refractivity contribution is 0.102. The molecule has 0 aliphatic rings. The Morgan fingerprint density at radius 2 is 1.94 bits per heavy atom. The van der Waals surface area contributed by atoms with Gasteiger partial charge in [0.15, 0.2) is 5.82 Å². The minimum Gasteiger partial charge on any atom is -0.322 e. The maximum absolute atomic E-state index is 14.3. The summed E-state index contributed by atoms with van der Waals surface area (Å²) in [4.78, 5) is 17.2. The number of nitrogens with zero attached hydrogens (tertiary/aromatic N) is 5. The van der Waals surface area contributed by atoms with Gasteiger partial charge in [-0.05, 0) is 65.4 Å². The largest absolute Gasteiger partial charge is 0.322 e. The second-order valence-corrected chi connectivity index (χ2v) is 7.49. The predicted molar refractivity (Wildman–Crippen MR) is 112 cm³/mol. The first-order valence-corrected chi connectivity index (χ1v) is 10.2. The molecule has 7 nitrogen and oxygen atoms in total. The third-order valence-corrected chi connectivity index (χ3v) is 5.44. The number of hydrogen-bond acceptors (Lipinski definition) is 6. The molecule has 0 radical (unpaired) electrons. The van der Waals surface area contributed by atoms with Crippen molar-refractivity contribution in [3.05, 3.63) is 89.4 Å². The predicted octanol–water partition coefficient (Wildman–Crippen LogP) is 4.19. The molecule has 0 fully saturated rings. The number of rotatable bonds is 6. The number of nitrogens with one attached hydrogen (secondary N) is 1. The minimum atomic E-state index is -0.523. The monoisotopic (exact) mass is 438 g/mol. The number of hydrogen-bond donors (Lipinski definition) is 1. The molecule has 0 saturated heterocycles. The van der Waals surface area contributed by atoms with Crippen LogP contribution in [0.5, 0.6) is 0 Å². The molecule has 0 spiro atoms. The molecule has 0 atom stereocenters. The van der Waals surface area contributed by atoms with Gasteiger partial charge in [-0.15, -0.1) is 16.9 Å². The molecule has 1 N–H and O–H groups in total. The van der Waals surface area contributed by atoms with Gasteiger partial charge in [-0.3, -0.25) is 4.79 Å². The number of aromatic nitrogens is 5. The van der Waals surface area contributed by atoms with Crippen molar-refractivity contribution in [2.24, 2.45) is 0 Å². The van der Waals surface area contributed by atoms with Crippen molar-refractivity contribution >= 4 is 23.4 Å². The second kappa shape index (κ2) is 9.00. The van der Waals surface area contributed by atoms with Crippen molar-refractivity contribution in [3.8, 4) is 5.69 Å². The molecule has 1 amide bonds. The van der Waals surface area contributed by atoms with Crippen LogP contribution in [0.4, 0.5) is 14.5 Å². The van der Waals surface area contributed by atoms with Crippen molar-refractivity contribution < 1.29 is 13.6 Å². The number of anilines is 1. The summed E-state index contributed by atoms with van der Waals surface area (Å²) in [5.41, 5.74) is 1.79. The number of benzene rings is 2. The molecule has 2 aromatic carbocycles. The second-order valence-electron chi connectivity index (χ2n) is 6.53. The maximum atomic E-state index is 14.3. The van der Waals surface area contributed by atoms with Gasteiger partial charge in [0.25, 0.3) is 5.91 Å². The molecule has 10 heteroatoms. The summed E-state index contributed by atoms with van der Waals surface area (Å²) in [6, 6.07) is 13.6. The normalized spacial score (nSPS) is 10.8. The van der Waals surface area contributed by atoms with Crippen molar-refractivity contribution in [2.45, 2.75) is 17.7 Å². The standard InChI is InChI=1S/C21H16F2N6OS/c1-13-26-27-28-29(13)19-11-16(8-9-18(19)23)25-20(30)17-3-2-10-24-21(17)31-12-14-4-6-15(22)7-5-14/h2-11H,12H2,1H3,(H,25,30). The van der Waals surface area contributed by atoms with Gasteiger partial charge >= 0.3 is 0 Å². The number of pyridine rings is 1. The van der Waals surface area contributed by atoms with Crippen molar-refractivity contribution in [3.63, 3.8) is 0 Å². The third-order valence-electron chi connectivity index (χ3n) is 4.36. The van der Waals surface area contributed by atoms with Gasteiger partial charge in [-0.25, -0.2) is 13.8 Å². The SMILES string of the molecule is Cc1nnnn1-c1cc(NC(=O)c2cccnc2SCc2ccc(F)cc2)ccc1F. The molecule has 0 bridgehead atoms. The average Bonchev–Trinajstić information content (AvgIpc) is 3.20. The van der Waals surface area contributed by atoms with Crippen molar-refractivity contribution in [1.29, 1.82) is 0 Å². The van der Waals surface area contributed by atoms with Crippen LogP contribution in [0.25, 0.3) is 5.69 Å². The zero-order valence-corrected chi connectivity index (χ0v) is 17.1. The molecule has 0 aliphatic carbocycles. The first-order valence-electron chi connectivity index (χ1n) is 9.20. The van der Waals surface area contributed by atoms with E-state index in [1.54, 1.807) is 37.4 Å². The fraction of sp³-hybridized carbons (Fsp3) is 0.0952. The van der Waals surface area contributed by atoms with Crippen LogP contribution in [0.3, 0.4) is 0 Å². The summed E-state index contributed by atoms with van der Waals surface area (Å²) in [7, 11) is 0. The molecule has 0 saturated carbocycles. The number of thioether (sulfide) groups is 1. The Morgan fingerprint density at radius 1 is 1.13 bits per heavy atom. The van der Waals surface area contributed by atoms with Crippen LogP contribution in [0.1, 0.15) is 21.7 Å². The summed E-state index contributed by atoms with van der Waals surface area (Å²) in [6.45, 7) is 1.64. The molecule has 31 heavy (non-hydrogen) atoms. The highest BCUT2D eigenvalue weighted by Gasteiger charge is 2.16. The van der Waals surface area contributed by atoms with Gasteiger partial charge in [0.1, 0.15) is 22.3 Å². The van der Waals surface area contributed by atoms with Crippen LogP contribution in [0.2, 0.25) is 0 Å².